The molecule has 2 aromatic rings. The summed E-state index contributed by atoms with van der Waals surface area (Å²) in [4.78, 5) is 12.7. The first-order valence-electron chi connectivity index (χ1n) is 8.95. The minimum Gasteiger partial charge on any atom is -0.355 e. The van der Waals surface area contributed by atoms with Gasteiger partial charge in [0.25, 0.3) is 10.0 Å². The van der Waals surface area contributed by atoms with Crippen LogP contribution in [0.15, 0.2) is 59.5 Å². The molecule has 3 rings (SSSR count). The first-order chi connectivity index (χ1) is 12.5. The summed E-state index contributed by atoms with van der Waals surface area (Å²) in [6.45, 7) is 2.79. The molecule has 6 heteroatoms. The molecule has 0 bridgehead atoms. The smallest absolute Gasteiger partial charge is 0.261 e. The van der Waals surface area contributed by atoms with Gasteiger partial charge in [-0.05, 0) is 49.1 Å². The number of amides is 1. The summed E-state index contributed by atoms with van der Waals surface area (Å²) < 4.78 is 27.3. The standard InChI is InChI=1S/C20H24N2O3S/c1-2-3-15-21-19(23)20(13-14-20)16-9-11-17(12-10-16)22-26(24,25)18-7-5-4-6-8-18/h4-12,22H,2-3,13-15H2,1H3,(H,21,23). The molecule has 0 unspecified atom stereocenters. The lowest BCUT2D eigenvalue weighted by molar-refractivity contribution is -0.123. The van der Waals surface area contributed by atoms with Crippen molar-refractivity contribution < 1.29 is 13.2 Å². The van der Waals surface area contributed by atoms with E-state index in [1.54, 1.807) is 42.5 Å². The van der Waals surface area contributed by atoms with E-state index >= 15 is 0 Å². The highest BCUT2D eigenvalue weighted by Crippen LogP contribution is 2.48. The summed E-state index contributed by atoms with van der Waals surface area (Å²) in [5.41, 5.74) is 0.985. The number of rotatable bonds is 8. The summed E-state index contributed by atoms with van der Waals surface area (Å²) in [7, 11) is -3.61. The van der Waals surface area contributed by atoms with Gasteiger partial charge in [-0.3, -0.25) is 9.52 Å². The van der Waals surface area contributed by atoms with E-state index in [1.807, 2.05) is 12.1 Å². The van der Waals surface area contributed by atoms with Gasteiger partial charge < -0.3 is 5.32 Å². The van der Waals surface area contributed by atoms with Crippen molar-refractivity contribution in [2.45, 2.75) is 42.9 Å². The zero-order valence-electron chi connectivity index (χ0n) is 14.9. The fraction of sp³-hybridized carbons (Fsp3) is 0.350. The molecule has 1 saturated carbocycles. The second-order valence-electron chi connectivity index (χ2n) is 6.69. The highest BCUT2D eigenvalue weighted by molar-refractivity contribution is 7.92. The summed E-state index contributed by atoms with van der Waals surface area (Å²) in [5.74, 6) is 0.0727. The topological polar surface area (TPSA) is 75.3 Å². The Bertz CT molecular complexity index is 858. The van der Waals surface area contributed by atoms with Gasteiger partial charge in [-0.1, -0.05) is 43.7 Å². The molecule has 1 aliphatic carbocycles. The van der Waals surface area contributed by atoms with Crippen molar-refractivity contribution >= 4 is 21.6 Å². The van der Waals surface area contributed by atoms with E-state index in [1.165, 1.54) is 0 Å². The summed E-state index contributed by atoms with van der Waals surface area (Å²) in [6.07, 6.45) is 3.69. The number of unbranched alkanes of at least 4 members (excludes halogenated alkanes) is 1. The fourth-order valence-corrected chi connectivity index (χ4v) is 4.07. The normalized spacial score (nSPS) is 15.3. The number of carbonyl (C=O) groups excluding carboxylic acids is 1. The number of benzene rings is 2. The SMILES string of the molecule is CCCCNC(=O)C1(c2ccc(NS(=O)(=O)c3ccccc3)cc2)CC1. The molecule has 0 heterocycles. The Morgan fingerprint density at radius 2 is 1.69 bits per heavy atom. The molecule has 5 nitrogen and oxygen atoms in total. The first kappa shape index (κ1) is 18.5. The molecule has 2 N–H and O–H groups in total. The molecule has 1 aliphatic rings. The molecule has 26 heavy (non-hydrogen) atoms. The Hall–Kier alpha value is -2.34. The molecular formula is C20H24N2O3S. The van der Waals surface area contributed by atoms with E-state index in [-0.39, 0.29) is 10.8 Å². The lowest BCUT2D eigenvalue weighted by Gasteiger charge is -2.16. The number of nitrogens with one attached hydrogen (secondary N) is 2. The summed E-state index contributed by atoms with van der Waals surface area (Å²) >= 11 is 0. The van der Waals surface area contributed by atoms with Crippen LogP contribution in [-0.2, 0) is 20.2 Å². The molecular weight excluding hydrogens is 348 g/mol. The molecule has 0 saturated heterocycles. The van der Waals surface area contributed by atoms with Gasteiger partial charge in [0, 0.05) is 12.2 Å². The monoisotopic (exact) mass is 372 g/mol. The molecule has 2 aromatic carbocycles. The van der Waals surface area contributed by atoms with E-state index in [0.29, 0.717) is 12.2 Å². The Morgan fingerprint density at radius 3 is 2.27 bits per heavy atom. The quantitative estimate of drug-likeness (QED) is 0.697. The predicted octanol–water partition coefficient (Wildman–Crippen LogP) is 3.44. The lowest BCUT2D eigenvalue weighted by atomic mass is 9.94. The van der Waals surface area contributed by atoms with Crippen LogP contribution in [0.1, 0.15) is 38.2 Å². The Labute approximate surface area is 154 Å². The number of sulfonamides is 1. The van der Waals surface area contributed by atoms with Crippen LogP contribution in [0.5, 0.6) is 0 Å². The summed E-state index contributed by atoms with van der Waals surface area (Å²) in [6, 6.07) is 15.4. The number of carbonyl (C=O) groups is 1. The van der Waals surface area contributed by atoms with Crippen molar-refractivity contribution in [3.63, 3.8) is 0 Å². The van der Waals surface area contributed by atoms with Crippen LogP contribution < -0.4 is 10.0 Å². The largest absolute Gasteiger partial charge is 0.355 e. The van der Waals surface area contributed by atoms with Crippen molar-refractivity contribution in [1.82, 2.24) is 5.32 Å². The maximum Gasteiger partial charge on any atom is 0.261 e. The third kappa shape index (κ3) is 3.90. The Kier molecular flexibility index (Phi) is 5.32. The van der Waals surface area contributed by atoms with Gasteiger partial charge in [-0.2, -0.15) is 0 Å². The van der Waals surface area contributed by atoms with Gasteiger partial charge in [0.05, 0.1) is 10.3 Å². The first-order valence-corrected chi connectivity index (χ1v) is 10.4. The van der Waals surface area contributed by atoms with Crippen molar-refractivity contribution in [3.8, 4) is 0 Å². The number of hydrogen-bond donors (Lipinski definition) is 2. The molecule has 0 aliphatic heterocycles. The predicted molar refractivity (Wildman–Crippen MR) is 103 cm³/mol. The zero-order valence-corrected chi connectivity index (χ0v) is 15.7. The highest BCUT2D eigenvalue weighted by Gasteiger charge is 2.50. The molecule has 0 atom stereocenters. The highest BCUT2D eigenvalue weighted by atomic mass is 32.2. The van der Waals surface area contributed by atoms with Gasteiger partial charge in [0.15, 0.2) is 0 Å². The Balaban J connectivity index is 1.70. The Morgan fingerprint density at radius 1 is 1.04 bits per heavy atom. The van der Waals surface area contributed by atoms with Crippen LogP contribution in [0, 0.1) is 0 Å². The molecule has 1 amide bonds. The minimum absolute atomic E-state index is 0.0727. The van der Waals surface area contributed by atoms with Gasteiger partial charge in [-0.25, -0.2) is 8.42 Å². The lowest BCUT2D eigenvalue weighted by Crippen LogP contribution is -2.35. The van der Waals surface area contributed by atoms with Gasteiger partial charge in [-0.15, -0.1) is 0 Å². The van der Waals surface area contributed by atoms with Crippen LogP contribution in [-0.4, -0.2) is 20.9 Å². The molecule has 1 fully saturated rings. The maximum absolute atomic E-state index is 12.5. The third-order valence-corrected chi connectivity index (χ3v) is 6.14. The van der Waals surface area contributed by atoms with E-state index in [9.17, 15) is 13.2 Å². The van der Waals surface area contributed by atoms with Gasteiger partial charge >= 0.3 is 0 Å². The number of anilines is 1. The van der Waals surface area contributed by atoms with E-state index in [4.69, 9.17) is 0 Å². The second-order valence-corrected chi connectivity index (χ2v) is 8.37. The third-order valence-electron chi connectivity index (χ3n) is 4.74. The summed E-state index contributed by atoms with van der Waals surface area (Å²) in [5, 5.41) is 3.01. The fourth-order valence-electron chi connectivity index (χ4n) is 2.99. The van der Waals surface area contributed by atoms with Crippen molar-refractivity contribution in [1.29, 1.82) is 0 Å². The zero-order chi connectivity index (χ0) is 18.6. The minimum atomic E-state index is -3.61. The van der Waals surface area contributed by atoms with E-state index in [0.717, 1.165) is 31.2 Å². The average molecular weight is 372 g/mol. The number of hydrogen-bond acceptors (Lipinski definition) is 3. The molecule has 0 aromatic heterocycles. The van der Waals surface area contributed by atoms with Crippen LogP contribution in [0.3, 0.4) is 0 Å². The van der Waals surface area contributed by atoms with Crippen LogP contribution in [0.2, 0.25) is 0 Å². The second kappa shape index (κ2) is 7.50. The molecule has 0 radical (unpaired) electrons. The maximum atomic E-state index is 12.5. The van der Waals surface area contributed by atoms with Crippen molar-refractivity contribution in [2.24, 2.45) is 0 Å². The molecule has 138 valence electrons. The average Bonchev–Trinajstić information content (AvgIpc) is 3.45. The van der Waals surface area contributed by atoms with Crippen molar-refractivity contribution in [3.05, 3.63) is 60.2 Å². The van der Waals surface area contributed by atoms with Gasteiger partial charge in [0.1, 0.15) is 0 Å². The van der Waals surface area contributed by atoms with Crippen molar-refractivity contribution in [2.75, 3.05) is 11.3 Å². The molecule has 0 spiro atoms. The van der Waals surface area contributed by atoms with E-state index in [2.05, 4.69) is 17.0 Å². The van der Waals surface area contributed by atoms with E-state index < -0.39 is 15.4 Å². The van der Waals surface area contributed by atoms with Crippen LogP contribution >= 0.6 is 0 Å². The van der Waals surface area contributed by atoms with Gasteiger partial charge in [0.2, 0.25) is 5.91 Å². The van der Waals surface area contributed by atoms with Crippen LogP contribution in [0.25, 0.3) is 0 Å². The van der Waals surface area contributed by atoms with Crippen LogP contribution in [0.4, 0.5) is 5.69 Å².